The molecule has 1 fully saturated rings. The van der Waals surface area contributed by atoms with Crippen molar-refractivity contribution in [1.29, 1.82) is 0 Å². The summed E-state index contributed by atoms with van der Waals surface area (Å²) in [5.74, 6) is -0.312. The van der Waals surface area contributed by atoms with Crippen LogP contribution >= 0.6 is 0 Å². The highest BCUT2D eigenvalue weighted by Crippen LogP contribution is 2.25. The van der Waals surface area contributed by atoms with E-state index in [1.165, 1.54) is 4.31 Å². The van der Waals surface area contributed by atoms with E-state index in [0.717, 1.165) is 16.8 Å². The van der Waals surface area contributed by atoms with Gasteiger partial charge in [0.05, 0.1) is 10.6 Å². The fourth-order valence-corrected chi connectivity index (χ4v) is 5.27. The lowest BCUT2D eigenvalue weighted by Gasteiger charge is -2.24. The van der Waals surface area contributed by atoms with Crippen molar-refractivity contribution in [1.82, 2.24) is 5.32 Å². The Morgan fingerprint density at radius 3 is 2.11 bits per heavy atom. The molecule has 9 heteroatoms. The first-order chi connectivity index (χ1) is 16.7. The monoisotopic (exact) mass is 492 g/mol. The number of carbonyl (C=O) groups is 2. The summed E-state index contributed by atoms with van der Waals surface area (Å²) in [4.78, 5) is 26.3. The third-order valence-corrected chi connectivity index (χ3v) is 7.63. The molecule has 3 aromatic carbocycles. The van der Waals surface area contributed by atoms with Crippen LogP contribution < -0.4 is 19.8 Å². The summed E-state index contributed by atoms with van der Waals surface area (Å²) in [7, 11) is -3.86. The number of nitrogens with one attached hydrogen (secondary N) is 2. The van der Waals surface area contributed by atoms with Gasteiger partial charge in [0.1, 0.15) is 0 Å². The van der Waals surface area contributed by atoms with E-state index in [1.54, 1.807) is 65.6 Å². The van der Waals surface area contributed by atoms with Gasteiger partial charge in [-0.2, -0.15) is 0 Å². The van der Waals surface area contributed by atoms with Crippen molar-refractivity contribution in [3.8, 4) is 0 Å². The second kappa shape index (κ2) is 10.2. The minimum atomic E-state index is -3.86. The van der Waals surface area contributed by atoms with Crippen molar-refractivity contribution in [3.63, 3.8) is 0 Å². The molecule has 1 heterocycles. The highest BCUT2D eigenvalue weighted by Gasteiger charge is 2.26. The molecule has 0 aromatic heterocycles. The van der Waals surface area contributed by atoms with Crippen LogP contribution in [0, 0.1) is 13.8 Å². The van der Waals surface area contributed by atoms with E-state index in [4.69, 9.17) is 0 Å². The molecule has 182 valence electrons. The molecule has 0 saturated carbocycles. The van der Waals surface area contributed by atoms with Crippen molar-refractivity contribution in [3.05, 3.63) is 83.9 Å². The molecule has 1 aliphatic rings. The Hall–Kier alpha value is -3.85. The quantitative estimate of drug-likeness (QED) is 0.495. The number of carbonyl (C=O) groups excluding carboxylic acids is 2. The van der Waals surface area contributed by atoms with E-state index in [1.807, 2.05) is 26.0 Å². The lowest BCUT2D eigenvalue weighted by atomic mass is 10.2. The number of urea groups is 1. The molecule has 3 aromatic rings. The fourth-order valence-electron chi connectivity index (χ4n) is 3.81. The van der Waals surface area contributed by atoms with Crippen molar-refractivity contribution < 1.29 is 18.0 Å². The molecule has 0 spiro atoms. The molecule has 2 N–H and O–H groups in total. The van der Waals surface area contributed by atoms with Gasteiger partial charge in [0, 0.05) is 37.4 Å². The first kappa shape index (κ1) is 24.3. The highest BCUT2D eigenvalue weighted by molar-refractivity contribution is 7.92. The smallest absolute Gasteiger partial charge is 0.321 e. The first-order valence-corrected chi connectivity index (χ1v) is 12.8. The van der Waals surface area contributed by atoms with Gasteiger partial charge in [-0.3, -0.25) is 14.0 Å². The van der Waals surface area contributed by atoms with E-state index in [9.17, 15) is 18.0 Å². The summed E-state index contributed by atoms with van der Waals surface area (Å²) in [6, 6.07) is 20.7. The van der Waals surface area contributed by atoms with Gasteiger partial charge in [-0.05, 0) is 62.4 Å². The zero-order valence-corrected chi connectivity index (χ0v) is 20.5. The molecule has 4 rings (SSSR count). The van der Waals surface area contributed by atoms with Crippen molar-refractivity contribution in [2.24, 2.45) is 0 Å². The first-order valence-electron chi connectivity index (χ1n) is 11.4. The van der Waals surface area contributed by atoms with E-state index in [2.05, 4.69) is 10.6 Å². The van der Waals surface area contributed by atoms with Crippen LogP contribution in [0.1, 0.15) is 17.5 Å². The summed E-state index contributed by atoms with van der Waals surface area (Å²) in [5.41, 5.74) is 3.78. The number of rotatable bonds is 8. The zero-order valence-electron chi connectivity index (χ0n) is 19.7. The van der Waals surface area contributed by atoms with Crippen LogP contribution in [0.4, 0.5) is 21.9 Å². The Kier molecular flexibility index (Phi) is 7.07. The van der Waals surface area contributed by atoms with Crippen molar-refractivity contribution in [2.75, 3.05) is 34.2 Å². The second-order valence-electron chi connectivity index (χ2n) is 8.45. The molecular formula is C26H28N4O4S. The lowest BCUT2D eigenvalue weighted by molar-refractivity contribution is -0.116. The topological polar surface area (TPSA) is 98.8 Å². The summed E-state index contributed by atoms with van der Waals surface area (Å²) in [6.07, 6.45) is -0.0325. The molecule has 0 aliphatic carbocycles. The average Bonchev–Trinajstić information content (AvgIpc) is 3.27. The number of hydrogen-bond acceptors (Lipinski definition) is 4. The van der Waals surface area contributed by atoms with Crippen LogP contribution in [-0.2, 0) is 14.8 Å². The molecule has 0 radical (unpaired) electrons. The maximum atomic E-state index is 13.4. The van der Waals surface area contributed by atoms with E-state index < -0.39 is 10.0 Å². The average molecular weight is 493 g/mol. The normalized spacial score (nSPS) is 13.4. The number of sulfonamides is 1. The molecule has 3 amide bonds. The van der Waals surface area contributed by atoms with Gasteiger partial charge in [0.15, 0.2) is 0 Å². The minimum absolute atomic E-state index is 0.0167. The Bertz CT molecular complexity index is 1300. The Morgan fingerprint density at radius 1 is 0.943 bits per heavy atom. The maximum absolute atomic E-state index is 13.4. The van der Waals surface area contributed by atoms with Gasteiger partial charge >= 0.3 is 6.03 Å². The number of hydrogen-bond donors (Lipinski definition) is 2. The third kappa shape index (κ3) is 5.63. The van der Waals surface area contributed by atoms with Gasteiger partial charge in [0.25, 0.3) is 10.0 Å². The number of benzene rings is 3. The lowest BCUT2D eigenvalue weighted by Crippen LogP contribution is -2.34. The molecule has 8 nitrogen and oxygen atoms in total. The van der Waals surface area contributed by atoms with Crippen LogP contribution in [0.3, 0.4) is 0 Å². The molecule has 1 aliphatic heterocycles. The van der Waals surface area contributed by atoms with Crippen LogP contribution in [0.2, 0.25) is 0 Å². The van der Waals surface area contributed by atoms with Gasteiger partial charge in [-0.1, -0.05) is 35.4 Å². The maximum Gasteiger partial charge on any atom is 0.321 e. The van der Waals surface area contributed by atoms with E-state index in [-0.39, 0.29) is 29.8 Å². The third-order valence-electron chi connectivity index (χ3n) is 5.79. The number of nitrogens with zero attached hydrogens (tertiary/aromatic N) is 2. The molecule has 1 saturated heterocycles. The summed E-state index contributed by atoms with van der Waals surface area (Å²) < 4.78 is 28.2. The Morgan fingerprint density at radius 2 is 1.54 bits per heavy atom. The van der Waals surface area contributed by atoms with Crippen LogP contribution in [0.15, 0.2) is 77.7 Å². The second-order valence-corrected chi connectivity index (χ2v) is 10.3. The largest absolute Gasteiger partial charge is 0.336 e. The number of aryl methyl sites for hydroxylation is 2. The number of amides is 3. The molecular weight excluding hydrogens is 464 g/mol. The zero-order chi connectivity index (χ0) is 25.0. The van der Waals surface area contributed by atoms with E-state index >= 15 is 0 Å². The Labute approximate surface area is 205 Å². The van der Waals surface area contributed by atoms with Gasteiger partial charge in [0.2, 0.25) is 5.91 Å². The Balaban J connectivity index is 1.47. The van der Waals surface area contributed by atoms with Gasteiger partial charge < -0.3 is 10.6 Å². The summed E-state index contributed by atoms with van der Waals surface area (Å²) in [6.45, 7) is 4.99. The van der Waals surface area contributed by atoms with Crippen molar-refractivity contribution >= 4 is 39.0 Å². The fraction of sp³-hybridized carbons (Fsp3) is 0.231. The SMILES string of the molecule is Cc1ccc(N(CCC(=O)Nc2ccc(N3CCNC3=O)cc2)S(=O)(=O)c2ccc(C)cc2)cc1. The standard InChI is InChI=1S/C26H28N4O4S/c1-19-3-9-23(10-4-19)30(35(33,34)24-13-5-20(2)6-14-24)17-15-25(31)28-21-7-11-22(12-8-21)29-18-16-27-26(29)32/h3-14H,15-18H2,1-2H3,(H,27,32)(H,28,31). The van der Waals surface area contributed by atoms with Crippen molar-refractivity contribution in [2.45, 2.75) is 25.2 Å². The molecule has 0 unspecified atom stereocenters. The number of anilines is 3. The molecule has 35 heavy (non-hydrogen) atoms. The predicted octanol–water partition coefficient (Wildman–Crippen LogP) is 4.06. The van der Waals surface area contributed by atoms with Gasteiger partial charge in [-0.15, -0.1) is 0 Å². The van der Waals surface area contributed by atoms with Crippen LogP contribution in [0.5, 0.6) is 0 Å². The van der Waals surface area contributed by atoms with Crippen LogP contribution in [-0.4, -0.2) is 40.0 Å². The minimum Gasteiger partial charge on any atom is -0.336 e. The summed E-state index contributed by atoms with van der Waals surface area (Å²) in [5, 5.41) is 5.55. The molecule has 0 bridgehead atoms. The molecule has 0 atom stereocenters. The van der Waals surface area contributed by atoms with Gasteiger partial charge in [-0.25, -0.2) is 13.2 Å². The van der Waals surface area contributed by atoms with Crippen LogP contribution in [0.25, 0.3) is 0 Å². The van der Waals surface area contributed by atoms with E-state index in [0.29, 0.717) is 24.5 Å². The highest BCUT2D eigenvalue weighted by atomic mass is 32.2. The summed E-state index contributed by atoms with van der Waals surface area (Å²) >= 11 is 0. The predicted molar refractivity (Wildman–Crippen MR) is 137 cm³/mol.